The van der Waals surface area contributed by atoms with Crippen molar-refractivity contribution in [3.8, 4) is 16.9 Å². The van der Waals surface area contributed by atoms with E-state index in [4.69, 9.17) is 5.73 Å². The number of benzene rings is 2. The quantitative estimate of drug-likeness (QED) is 0.352. The van der Waals surface area contributed by atoms with Crippen LogP contribution in [0.3, 0.4) is 0 Å². The second-order valence-electron chi connectivity index (χ2n) is 10.6. The van der Waals surface area contributed by atoms with Gasteiger partial charge in [-0.05, 0) is 114 Å². The summed E-state index contributed by atoms with van der Waals surface area (Å²) in [7, 11) is 0. The Morgan fingerprint density at radius 2 is 1.83 bits per heavy atom. The van der Waals surface area contributed by atoms with Gasteiger partial charge in [0.1, 0.15) is 0 Å². The number of nitrogens with one attached hydrogen (secondary N) is 2. The standard InChI is InChI=1S/C27H27FN4O3S/c28-21-10-19(9-20(23(21)33)27-11-15-4-16(12-27)6-17(5-15)13-27)18-3-1-2-14(7-18)8-22-24(34)30-26(36-22)32-31-25(29)35/h1-3,7-10,15-17,33H,4-6,11-13H2,(H3,29,31,35)(H,30,32,34)/b22-8+. The van der Waals surface area contributed by atoms with Gasteiger partial charge in [-0.1, -0.05) is 18.2 Å². The van der Waals surface area contributed by atoms with Crippen molar-refractivity contribution in [2.45, 2.75) is 43.9 Å². The van der Waals surface area contributed by atoms with Gasteiger partial charge in [-0.25, -0.2) is 14.6 Å². The van der Waals surface area contributed by atoms with Crippen molar-refractivity contribution in [3.63, 3.8) is 0 Å². The molecule has 3 amide bonds. The maximum atomic E-state index is 15.1. The molecule has 0 spiro atoms. The molecule has 0 aromatic heterocycles. The fraction of sp³-hybridized carbons (Fsp3) is 0.370. The Balaban J connectivity index is 1.32. The average Bonchev–Trinajstić information content (AvgIpc) is 3.17. The Hall–Kier alpha value is -3.33. The van der Waals surface area contributed by atoms with E-state index in [-0.39, 0.29) is 22.2 Å². The number of thioether (sulfide) groups is 1. The minimum Gasteiger partial charge on any atom is -0.505 e. The molecule has 2 aromatic rings. The van der Waals surface area contributed by atoms with Crippen LogP contribution < -0.4 is 16.5 Å². The summed E-state index contributed by atoms with van der Waals surface area (Å²) in [5.74, 6) is 0.914. The first kappa shape index (κ1) is 23.1. The van der Waals surface area contributed by atoms with Crippen molar-refractivity contribution in [1.29, 1.82) is 0 Å². The molecule has 36 heavy (non-hydrogen) atoms. The van der Waals surface area contributed by atoms with Crippen LogP contribution in [0.1, 0.15) is 49.7 Å². The van der Waals surface area contributed by atoms with E-state index in [1.165, 1.54) is 25.3 Å². The Kier molecular flexibility index (Phi) is 5.55. The number of carbonyl (C=O) groups is 2. The predicted molar refractivity (Wildman–Crippen MR) is 137 cm³/mol. The largest absolute Gasteiger partial charge is 0.505 e. The van der Waals surface area contributed by atoms with Gasteiger partial charge in [-0.2, -0.15) is 0 Å². The minimum atomic E-state index is -0.823. The van der Waals surface area contributed by atoms with Gasteiger partial charge >= 0.3 is 6.03 Å². The first-order valence-electron chi connectivity index (χ1n) is 12.3. The summed E-state index contributed by atoms with van der Waals surface area (Å²) in [6, 6.07) is 10.1. The van der Waals surface area contributed by atoms with Crippen LogP contribution in [0.25, 0.3) is 17.2 Å². The van der Waals surface area contributed by atoms with E-state index in [1.807, 2.05) is 30.3 Å². The van der Waals surface area contributed by atoms with E-state index in [0.717, 1.165) is 47.7 Å². The second-order valence-corrected chi connectivity index (χ2v) is 11.7. The number of phenols is 1. The molecule has 4 bridgehead atoms. The van der Waals surface area contributed by atoms with E-state index >= 15 is 4.39 Å². The normalized spacial score (nSPS) is 30.7. The van der Waals surface area contributed by atoms with Gasteiger partial charge in [0.15, 0.2) is 16.7 Å². The molecular formula is C27H27FN4O3S. The van der Waals surface area contributed by atoms with E-state index < -0.39 is 11.8 Å². The lowest BCUT2D eigenvalue weighted by Gasteiger charge is -2.57. The summed E-state index contributed by atoms with van der Waals surface area (Å²) in [6.07, 6.45) is 8.63. The van der Waals surface area contributed by atoms with Crippen molar-refractivity contribution in [2.24, 2.45) is 28.6 Å². The Labute approximate surface area is 212 Å². The van der Waals surface area contributed by atoms with Gasteiger partial charge in [0.2, 0.25) is 0 Å². The van der Waals surface area contributed by atoms with Gasteiger partial charge in [-0.15, -0.1) is 5.10 Å². The van der Waals surface area contributed by atoms with Gasteiger partial charge in [0.25, 0.3) is 5.91 Å². The number of nitrogens with zero attached hydrogens (tertiary/aromatic N) is 1. The molecule has 0 atom stereocenters. The highest BCUT2D eigenvalue weighted by Gasteiger charge is 2.52. The zero-order chi connectivity index (χ0) is 25.0. The third kappa shape index (κ3) is 4.15. The summed E-state index contributed by atoms with van der Waals surface area (Å²) in [6.45, 7) is 0. The highest BCUT2D eigenvalue weighted by atomic mass is 32.2. The Morgan fingerprint density at radius 1 is 1.14 bits per heavy atom. The molecule has 4 saturated carbocycles. The Morgan fingerprint density at radius 3 is 2.50 bits per heavy atom. The number of hydrogen-bond acceptors (Lipinski definition) is 5. The smallest absolute Gasteiger partial charge is 0.332 e. The molecule has 1 heterocycles. The third-order valence-corrected chi connectivity index (χ3v) is 9.02. The maximum absolute atomic E-state index is 15.1. The number of phenolic OH excluding ortho intramolecular Hbond substituents is 1. The van der Waals surface area contributed by atoms with Crippen LogP contribution in [0, 0.1) is 23.6 Å². The summed E-state index contributed by atoms with van der Waals surface area (Å²) in [4.78, 5) is 23.6. The summed E-state index contributed by atoms with van der Waals surface area (Å²) < 4.78 is 15.1. The number of carbonyl (C=O) groups excluding carboxylic acids is 2. The number of amidine groups is 1. The molecule has 9 heteroatoms. The van der Waals surface area contributed by atoms with Crippen LogP contribution in [0.15, 0.2) is 46.4 Å². The molecule has 5 fully saturated rings. The lowest BCUT2D eigenvalue weighted by Crippen LogP contribution is -2.48. The minimum absolute atomic E-state index is 0.136. The van der Waals surface area contributed by atoms with Crippen LogP contribution >= 0.6 is 11.8 Å². The molecule has 186 valence electrons. The van der Waals surface area contributed by atoms with Crippen molar-refractivity contribution < 1.29 is 19.1 Å². The SMILES string of the molecule is NC(=O)NN=C1NC(=O)/C(=C\c2cccc(-c3cc(F)c(O)c(C45CC6CC(CC(C6)C4)C5)c3)c2)S1. The molecule has 0 unspecified atom stereocenters. The van der Waals surface area contributed by atoms with Crippen LogP contribution in [0.4, 0.5) is 9.18 Å². The molecule has 4 aliphatic carbocycles. The molecule has 1 saturated heterocycles. The zero-order valence-corrected chi connectivity index (χ0v) is 20.4. The van der Waals surface area contributed by atoms with Gasteiger partial charge in [0, 0.05) is 5.56 Å². The van der Waals surface area contributed by atoms with Gasteiger partial charge < -0.3 is 10.8 Å². The number of nitrogens with two attached hydrogens (primary N) is 1. The number of rotatable bonds is 4. The molecule has 5 aliphatic rings. The van der Waals surface area contributed by atoms with Crippen LogP contribution in [-0.2, 0) is 10.2 Å². The molecular weight excluding hydrogens is 479 g/mol. The van der Waals surface area contributed by atoms with E-state index in [1.54, 1.807) is 6.08 Å². The summed E-state index contributed by atoms with van der Waals surface area (Å²) in [5.41, 5.74) is 10.0. The van der Waals surface area contributed by atoms with Crippen LogP contribution in [0.5, 0.6) is 5.75 Å². The maximum Gasteiger partial charge on any atom is 0.332 e. The lowest BCUT2D eigenvalue weighted by atomic mass is 9.48. The van der Waals surface area contributed by atoms with Crippen molar-refractivity contribution in [2.75, 3.05) is 0 Å². The third-order valence-electron chi connectivity index (χ3n) is 8.11. The number of aromatic hydroxyl groups is 1. The van der Waals surface area contributed by atoms with Gasteiger partial charge in [-0.3, -0.25) is 10.1 Å². The molecule has 0 radical (unpaired) electrons. The molecule has 7 nitrogen and oxygen atoms in total. The highest BCUT2D eigenvalue weighted by molar-refractivity contribution is 8.18. The van der Waals surface area contributed by atoms with Crippen molar-refractivity contribution in [1.82, 2.24) is 10.7 Å². The monoisotopic (exact) mass is 506 g/mol. The van der Waals surface area contributed by atoms with Crippen molar-refractivity contribution >= 4 is 34.9 Å². The van der Waals surface area contributed by atoms with E-state index in [9.17, 15) is 14.7 Å². The second kappa shape index (κ2) is 8.65. The summed E-state index contributed by atoms with van der Waals surface area (Å²) >= 11 is 1.08. The number of hydrazone groups is 1. The average molecular weight is 507 g/mol. The van der Waals surface area contributed by atoms with Crippen molar-refractivity contribution in [3.05, 3.63) is 58.2 Å². The number of primary amides is 1. The number of amides is 3. The predicted octanol–water partition coefficient (Wildman–Crippen LogP) is 4.81. The molecule has 1 aliphatic heterocycles. The number of urea groups is 1. The van der Waals surface area contributed by atoms with E-state index in [0.29, 0.717) is 28.2 Å². The van der Waals surface area contributed by atoms with E-state index in [2.05, 4.69) is 15.8 Å². The summed E-state index contributed by atoms with van der Waals surface area (Å²) in [5, 5.41) is 17.4. The number of hydrogen-bond donors (Lipinski definition) is 4. The highest BCUT2D eigenvalue weighted by Crippen LogP contribution is 2.62. The van der Waals surface area contributed by atoms with Crippen LogP contribution in [-0.4, -0.2) is 22.2 Å². The Bertz CT molecular complexity index is 1300. The molecule has 5 N–H and O–H groups in total. The topological polar surface area (TPSA) is 117 Å². The molecule has 2 aromatic carbocycles. The lowest BCUT2D eigenvalue weighted by molar-refractivity contribution is -0.115. The molecule has 7 rings (SSSR count). The fourth-order valence-corrected chi connectivity index (χ4v) is 7.94. The van der Waals surface area contributed by atoms with Gasteiger partial charge in [0.05, 0.1) is 4.91 Å². The first-order valence-corrected chi connectivity index (χ1v) is 13.1. The first-order chi connectivity index (χ1) is 17.3. The number of halogens is 1. The van der Waals surface area contributed by atoms with Crippen LogP contribution in [0.2, 0.25) is 0 Å². The fourth-order valence-electron chi connectivity index (χ4n) is 7.16. The zero-order valence-electron chi connectivity index (χ0n) is 19.6.